The maximum absolute atomic E-state index is 6.17. The minimum atomic E-state index is 0.166. The Morgan fingerprint density at radius 1 is 0.846 bits per heavy atom. The van der Waals surface area contributed by atoms with Crippen LogP contribution in [0.5, 0.6) is 28.7 Å². The number of nitrogens with two attached hydrogens (primary N) is 1. The molecule has 2 heterocycles. The third-order valence-electron chi connectivity index (χ3n) is 4.17. The van der Waals surface area contributed by atoms with E-state index in [1.165, 1.54) is 0 Å². The number of nitrogens with zero attached hydrogens (tertiary/aromatic N) is 2. The van der Waals surface area contributed by atoms with Gasteiger partial charge in [-0.05, 0) is 12.1 Å². The number of rotatable bonds is 4. The average molecular weight is 355 g/mol. The molecule has 2 aromatic carbocycles. The van der Waals surface area contributed by atoms with Gasteiger partial charge in [0.1, 0.15) is 11.6 Å². The van der Waals surface area contributed by atoms with Crippen molar-refractivity contribution < 1.29 is 23.7 Å². The molecule has 1 aromatic heterocycles. The first-order chi connectivity index (χ1) is 12.6. The molecular weight excluding hydrogens is 338 g/mol. The normalized spacial score (nSPS) is 12.3. The summed E-state index contributed by atoms with van der Waals surface area (Å²) in [5.74, 6) is 3.64. The predicted octanol–water partition coefficient (Wildman–Crippen LogP) is 2.63. The predicted molar refractivity (Wildman–Crippen MR) is 95.2 cm³/mol. The van der Waals surface area contributed by atoms with Gasteiger partial charge in [-0.3, -0.25) is 0 Å². The molecule has 0 bridgehead atoms. The van der Waals surface area contributed by atoms with Gasteiger partial charge in [0.05, 0.1) is 32.4 Å². The molecule has 2 N–H and O–H groups in total. The van der Waals surface area contributed by atoms with E-state index in [-0.39, 0.29) is 6.79 Å². The van der Waals surface area contributed by atoms with Crippen LogP contribution in [0.15, 0.2) is 24.3 Å². The fourth-order valence-corrected chi connectivity index (χ4v) is 2.87. The highest BCUT2D eigenvalue weighted by atomic mass is 16.7. The van der Waals surface area contributed by atoms with Gasteiger partial charge >= 0.3 is 0 Å². The number of benzene rings is 2. The Kier molecular flexibility index (Phi) is 3.80. The van der Waals surface area contributed by atoms with Crippen molar-refractivity contribution in [1.82, 2.24) is 9.97 Å². The summed E-state index contributed by atoms with van der Waals surface area (Å²) in [6.07, 6.45) is 0. The Bertz CT molecular complexity index is 1010. The lowest BCUT2D eigenvalue weighted by Gasteiger charge is -2.13. The van der Waals surface area contributed by atoms with Crippen LogP contribution in [0, 0.1) is 0 Å². The van der Waals surface area contributed by atoms with Crippen LogP contribution in [0.25, 0.3) is 22.3 Å². The molecule has 0 spiro atoms. The monoisotopic (exact) mass is 355 g/mol. The lowest BCUT2D eigenvalue weighted by Crippen LogP contribution is -2.00. The summed E-state index contributed by atoms with van der Waals surface area (Å²) in [6, 6.07) is 7.04. The summed E-state index contributed by atoms with van der Waals surface area (Å²) in [4.78, 5) is 9.05. The molecule has 8 heteroatoms. The zero-order chi connectivity index (χ0) is 18.3. The summed E-state index contributed by atoms with van der Waals surface area (Å²) in [6.45, 7) is 0.166. The van der Waals surface area contributed by atoms with Gasteiger partial charge in [0.15, 0.2) is 28.8 Å². The quantitative estimate of drug-likeness (QED) is 0.763. The van der Waals surface area contributed by atoms with Crippen LogP contribution in [0.2, 0.25) is 0 Å². The second-order valence-corrected chi connectivity index (χ2v) is 5.56. The molecule has 0 aliphatic carbocycles. The smallest absolute Gasteiger partial charge is 0.231 e. The first-order valence-electron chi connectivity index (χ1n) is 7.82. The average Bonchev–Trinajstić information content (AvgIpc) is 3.13. The zero-order valence-electron chi connectivity index (χ0n) is 14.5. The van der Waals surface area contributed by atoms with Gasteiger partial charge in [-0.25, -0.2) is 9.97 Å². The maximum atomic E-state index is 6.17. The topological polar surface area (TPSA) is 98.0 Å². The van der Waals surface area contributed by atoms with Gasteiger partial charge in [-0.15, -0.1) is 0 Å². The molecular formula is C18H17N3O5. The first kappa shape index (κ1) is 16.1. The fraction of sp³-hybridized carbons (Fsp3) is 0.222. The van der Waals surface area contributed by atoms with E-state index in [0.29, 0.717) is 56.9 Å². The minimum Gasteiger partial charge on any atom is -0.496 e. The van der Waals surface area contributed by atoms with Crippen LogP contribution in [-0.2, 0) is 0 Å². The van der Waals surface area contributed by atoms with Crippen LogP contribution in [-0.4, -0.2) is 38.1 Å². The van der Waals surface area contributed by atoms with Crippen molar-refractivity contribution in [3.8, 4) is 40.1 Å². The molecule has 0 fully saturated rings. The number of nitrogen functional groups attached to an aromatic ring is 1. The summed E-state index contributed by atoms with van der Waals surface area (Å²) in [5, 5.41) is 0.672. The van der Waals surface area contributed by atoms with Crippen molar-refractivity contribution in [2.45, 2.75) is 0 Å². The van der Waals surface area contributed by atoms with Gasteiger partial charge in [0.25, 0.3) is 0 Å². The third kappa shape index (κ3) is 2.46. The molecule has 4 rings (SSSR count). The molecule has 26 heavy (non-hydrogen) atoms. The summed E-state index contributed by atoms with van der Waals surface area (Å²) < 4.78 is 26.9. The number of hydrogen-bond acceptors (Lipinski definition) is 8. The van der Waals surface area contributed by atoms with E-state index >= 15 is 0 Å². The molecule has 0 radical (unpaired) electrons. The van der Waals surface area contributed by atoms with Gasteiger partial charge < -0.3 is 29.4 Å². The number of fused-ring (bicyclic) bond motifs is 2. The number of hydrogen-bond donors (Lipinski definition) is 1. The van der Waals surface area contributed by atoms with E-state index < -0.39 is 0 Å². The highest BCUT2D eigenvalue weighted by Gasteiger charge is 2.21. The first-order valence-corrected chi connectivity index (χ1v) is 7.82. The standard InChI is InChI=1S/C18H17N3O5/c1-22-12-7-16-15(25-8-26-16)5-10(12)18-20-11-6-14(24-3)13(23-2)4-9(11)17(19)21-18/h4-7H,8H2,1-3H3,(H2,19,20,21). The largest absolute Gasteiger partial charge is 0.496 e. The van der Waals surface area contributed by atoms with E-state index in [2.05, 4.69) is 9.97 Å². The van der Waals surface area contributed by atoms with E-state index in [9.17, 15) is 0 Å². The molecule has 3 aromatic rings. The van der Waals surface area contributed by atoms with Gasteiger partial charge in [-0.2, -0.15) is 0 Å². The van der Waals surface area contributed by atoms with Crippen LogP contribution < -0.4 is 29.4 Å². The lowest BCUT2D eigenvalue weighted by molar-refractivity contribution is 0.174. The molecule has 0 saturated heterocycles. The zero-order valence-corrected chi connectivity index (χ0v) is 14.5. The van der Waals surface area contributed by atoms with Gasteiger partial charge in [0, 0.05) is 17.5 Å². The van der Waals surface area contributed by atoms with Gasteiger partial charge in [0.2, 0.25) is 6.79 Å². The lowest BCUT2D eigenvalue weighted by atomic mass is 10.1. The summed E-state index contributed by atoms with van der Waals surface area (Å²) in [7, 11) is 4.70. The molecule has 1 aliphatic heterocycles. The van der Waals surface area contributed by atoms with Crippen molar-refractivity contribution in [3.05, 3.63) is 24.3 Å². The van der Waals surface area contributed by atoms with E-state index in [0.717, 1.165) is 0 Å². The Morgan fingerprint density at radius 3 is 2.19 bits per heavy atom. The number of anilines is 1. The highest BCUT2D eigenvalue weighted by molar-refractivity contribution is 5.92. The molecule has 1 aliphatic rings. The number of ether oxygens (including phenoxy) is 5. The summed E-state index contributed by atoms with van der Waals surface area (Å²) in [5.41, 5.74) is 7.45. The van der Waals surface area contributed by atoms with Crippen LogP contribution in [0.1, 0.15) is 0 Å². The van der Waals surface area contributed by atoms with Crippen LogP contribution in [0.4, 0.5) is 5.82 Å². The second-order valence-electron chi connectivity index (χ2n) is 5.56. The molecule has 0 saturated carbocycles. The van der Waals surface area contributed by atoms with Crippen LogP contribution >= 0.6 is 0 Å². The highest BCUT2D eigenvalue weighted by Crippen LogP contribution is 2.42. The Labute approximate surface area is 149 Å². The SMILES string of the molecule is COc1cc2nc(-c3cc4c(cc3OC)OCO4)nc(N)c2cc1OC. The molecule has 0 amide bonds. The Balaban J connectivity index is 1.93. The van der Waals surface area contributed by atoms with Crippen molar-refractivity contribution in [2.75, 3.05) is 33.9 Å². The number of aromatic nitrogens is 2. The van der Waals surface area contributed by atoms with E-state index in [4.69, 9.17) is 29.4 Å². The fourth-order valence-electron chi connectivity index (χ4n) is 2.87. The molecule has 8 nitrogen and oxygen atoms in total. The molecule has 134 valence electrons. The third-order valence-corrected chi connectivity index (χ3v) is 4.17. The summed E-state index contributed by atoms with van der Waals surface area (Å²) >= 11 is 0. The van der Waals surface area contributed by atoms with Crippen molar-refractivity contribution in [2.24, 2.45) is 0 Å². The maximum Gasteiger partial charge on any atom is 0.231 e. The number of methoxy groups -OCH3 is 3. The van der Waals surface area contributed by atoms with Crippen molar-refractivity contribution in [3.63, 3.8) is 0 Å². The van der Waals surface area contributed by atoms with Gasteiger partial charge in [-0.1, -0.05) is 0 Å². The molecule has 0 atom stereocenters. The van der Waals surface area contributed by atoms with E-state index in [1.54, 1.807) is 45.6 Å². The van der Waals surface area contributed by atoms with Crippen LogP contribution in [0.3, 0.4) is 0 Å². The molecule has 0 unspecified atom stereocenters. The second kappa shape index (κ2) is 6.14. The Morgan fingerprint density at radius 2 is 1.50 bits per heavy atom. The van der Waals surface area contributed by atoms with E-state index in [1.807, 2.05) is 0 Å². The minimum absolute atomic E-state index is 0.166. The van der Waals surface area contributed by atoms with Crippen molar-refractivity contribution in [1.29, 1.82) is 0 Å². The van der Waals surface area contributed by atoms with Crippen molar-refractivity contribution >= 4 is 16.7 Å². The Hall–Kier alpha value is -3.42.